The highest BCUT2D eigenvalue weighted by molar-refractivity contribution is 7.92. The smallest absolute Gasteiger partial charge is 0.253 e. The lowest BCUT2D eigenvalue weighted by Crippen LogP contribution is -2.25. The fourth-order valence-corrected chi connectivity index (χ4v) is 3.79. The Morgan fingerprint density at radius 1 is 1.18 bits per heavy atom. The number of anilines is 1. The zero-order valence-corrected chi connectivity index (χ0v) is 16.2. The Labute approximate surface area is 163 Å². The molecule has 0 bridgehead atoms. The van der Waals surface area contributed by atoms with Gasteiger partial charge in [-0.25, -0.2) is 18.4 Å². The van der Waals surface area contributed by atoms with E-state index >= 15 is 0 Å². The Bertz CT molecular complexity index is 1050. The van der Waals surface area contributed by atoms with Crippen LogP contribution in [0.1, 0.15) is 29.3 Å². The summed E-state index contributed by atoms with van der Waals surface area (Å²) in [5.74, 6) is 0.324. The average Bonchev–Trinajstić information content (AvgIpc) is 3.21. The molecule has 3 rings (SSSR count). The van der Waals surface area contributed by atoms with Crippen molar-refractivity contribution in [1.82, 2.24) is 19.9 Å². The zero-order chi connectivity index (χ0) is 20.0. The number of rotatable bonds is 8. The highest BCUT2D eigenvalue weighted by Gasteiger charge is 2.16. The van der Waals surface area contributed by atoms with Gasteiger partial charge in [-0.15, -0.1) is 0 Å². The van der Waals surface area contributed by atoms with Crippen molar-refractivity contribution in [3.63, 3.8) is 0 Å². The third-order valence-electron chi connectivity index (χ3n) is 3.94. The van der Waals surface area contributed by atoms with Gasteiger partial charge in [0, 0.05) is 25.1 Å². The van der Waals surface area contributed by atoms with Crippen LogP contribution in [-0.2, 0) is 16.6 Å². The maximum Gasteiger partial charge on any atom is 0.253 e. The molecule has 9 heteroatoms. The van der Waals surface area contributed by atoms with Gasteiger partial charge in [0.25, 0.3) is 5.91 Å². The van der Waals surface area contributed by atoms with Crippen molar-refractivity contribution in [2.24, 2.45) is 0 Å². The van der Waals surface area contributed by atoms with Crippen molar-refractivity contribution in [3.05, 3.63) is 72.4 Å². The summed E-state index contributed by atoms with van der Waals surface area (Å²) in [6, 6.07) is 10.2. The number of pyridine rings is 1. The molecule has 0 unspecified atom stereocenters. The van der Waals surface area contributed by atoms with Gasteiger partial charge >= 0.3 is 0 Å². The lowest BCUT2D eigenvalue weighted by Gasteiger charge is -2.12. The summed E-state index contributed by atoms with van der Waals surface area (Å²) in [7, 11) is -3.49. The molecule has 3 aromatic rings. The van der Waals surface area contributed by atoms with Crippen LogP contribution >= 0.6 is 0 Å². The molecule has 0 aliphatic carbocycles. The van der Waals surface area contributed by atoms with Crippen LogP contribution in [0.15, 0.2) is 61.3 Å². The molecule has 1 aromatic carbocycles. The number of carbonyl (C=O) groups excluding carboxylic acids is 1. The zero-order valence-electron chi connectivity index (χ0n) is 15.4. The van der Waals surface area contributed by atoms with Gasteiger partial charge in [0.05, 0.1) is 17.0 Å². The van der Waals surface area contributed by atoms with Crippen molar-refractivity contribution < 1.29 is 13.2 Å². The number of aromatic nitrogens is 3. The number of hydrogen-bond acceptors (Lipinski definition) is 5. The molecule has 2 N–H and O–H groups in total. The first-order valence-corrected chi connectivity index (χ1v) is 10.4. The predicted molar refractivity (Wildman–Crippen MR) is 107 cm³/mol. The Morgan fingerprint density at radius 2 is 2.00 bits per heavy atom. The van der Waals surface area contributed by atoms with Crippen LogP contribution in [0.2, 0.25) is 0 Å². The van der Waals surface area contributed by atoms with Gasteiger partial charge in [-0.05, 0) is 36.2 Å². The number of sulfonamides is 1. The number of hydrogen-bond donors (Lipinski definition) is 2. The summed E-state index contributed by atoms with van der Waals surface area (Å²) >= 11 is 0. The minimum Gasteiger partial charge on any atom is -0.348 e. The number of imidazole rings is 1. The average molecular weight is 399 g/mol. The summed E-state index contributed by atoms with van der Waals surface area (Å²) in [5, 5.41) is 2.82. The molecule has 8 nitrogen and oxygen atoms in total. The van der Waals surface area contributed by atoms with E-state index in [4.69, 9.17) is 0 Å². The maximum absolute atomic E-state index is 12.6. The molecule has 2 aromatic heterocycles. The third kappa shape index (κ3) is 4.95. The molecule has 0 atom stereocenters. The number of benzene rings is 1. The minimum absolute atomic E-state index is 0.00298. The van der Waals surface area contributed by atoms with Gasteiger partial charge in [-0.3, -0.25) is 14.1 Å². The van der Waals surface area contributed by atoms with Gasteiger partial charge < -0.3 is 5.32 Å². The van der Waals surface area contributed by atoms with E-state index in [1.165, 1.54) is 0 Å². The summed E-state index contributed by atoms with van der Waals surface area (Å²) in [5.41, 5.74) is 1.39. The van der Waals surface area contributed by atoms with Gasteiger partial charge in [0.2, 0.25) is 10.0 Å². The van der Waals surface area contributed by atoms with E-state index in [9.17, 15) is 13.2 Å². The van der Waals surface area contributed by atoms with E-state index in [1.807, 2.05) is 6.07 Å². The van der Waals surface area contributed by atoms with Crippen LogP contribution in [-0.4, -0.2) is 34.6 Å². The van der Waals surface area contributed by atoms with Crippen LogP contribution in [0.5, 0.6) is 0 Å². The van der Waals surface area contributed by atoms with Gasteiger partial charge in [0.15, 0.2) is 0 Å². The predicted octanol–water partition coefficient (Wildman–Crippen LogP) is 2.35. The van der Waals surface area contributed by atoms with Crippen LogP contribution in [0.4, 0.5) is 5.69 Å². The molecule has 1 amide bonds. The molecule has 0 radical (unpaired) electrons. The summed E-state index contributed by atoms with van der Waals surface area (Å²) < 4.78 is 28.3. The topological polar surface area (TPSA) is 106 Å². The summed E-state index contributed by atoms with van der Waals surface area (Å²) in [4.78, 5) is 20.9. The van der Waals surface area contributed by atoms with Gasteiger partial charge in [0.1, 0.15) is 12.1 Å². The molecule has 2 heterocycles. The van der Waals surface area contributed by atoms with Crippen molar-refractivity contribution in [2.45, 2.75) is 19.9 Å². The number of amides is 1. The van der Waals surface area contributed by atoms with E-state index < -0.39 is 10.0 Å². The van der Waals surface area contributed by atoms with Crippen LogP contribution in [0.25, 0.3) is 5.82 Å². The fourth-order valence-electron chi connectivity index (χ4n) is 2.64. The molecule has 0 saturated heterocycles. The molecular weight excluding hydrogens is 378 g/mol. The maximum atomic E-state index is 12.6. The SMILES string of the molecule is CCCS(=O)(=O)Nc1ccccc1C(=O)NCc1ccnc(-n2ccnc2)c1. The monoisotopic (exact) mass is 399 g/mol. The van der Waals surface area contributed by atoms with E-state index in [0.717, 1.165) is 5.56 Å². The van der Waals surface area contributed by atoms with Crippen molar-refractivity contribution >= 4 is 21.6 Å². The second-order valence-corrected chi connectivity index (χ2v) is 7.98. The van der Waals surface area contributed by atoms with E-state index in [0.29, 0.717) is 12.2 Å². The number of nitrogens with zero attached hydrogens (tertiary/aromatic N) is 3. The van der Waals surface area contributed by atoms with E-state index in [2.05, 4.69) is 20.0 Å². The van der Waals surface area contributed by atoms with Gasteiger partial charge in [-0.1, -0.05) is 19.1 Å². The van der Waals surface area contributed by atoms with E-state index in [1.54, 1.807) is 66.7 Å². The number of carbonyl (C=O) groups is 1. The highest BCUT2D eigenvalue weighted by atomic mass is 32.2. The minimum atomic E-state index is -3.49. The van der Waals surface area contributed by atoms with Gasteiger partial charge in [-0.2, -0.15) is 0 Å². The number of para-hydroxylation sites is 1. The normalized spacial score (nSPS) is 11.2. The van der Waals surface area contributed by atoms with Crippen LogP contribution < -0.4 is 10.0 Å². The van der Waals surface area contributed by atoms with Crippen molar-refractivity contribution in [2.75, 3.05) is 10.5 Å². The molecule has 0 saturated carbocycles. The lowest BCUT2D eigenvalue weighted by atomic mass is 10.1. The molecule has 0 aliphatic heterocycles. The van der Waals surface area contributed by atoms with Crippen LogP contribution in [0.3, 0.4) is 0 Å². The fraction of sp³-hybridized carbons (Fsp3) is 0.211. The summed E-state index contributed by atoms with van der Waals surface area (Å²) in [6.07, 6.45) is 7.23. The third-order valence-corrected chi connectivity index (χ3v) is 5.42. The summed E-state index contributed by atoms with van der Waals surface area (Å²) in [6.45, 7) is 2.06. The van der Waals surface area contributed by atoms with E-state index in [-0.39, 0.29) is 29.5 Å². The molecule has 0 fully saturated rings. The standard InChI is InChI=1S/C19H21N5O3S/c1-2-11-28(26,27)23-17-6-4-3-5-16(17)19(25)22-13-15-7-8-21-18(12-15)24-10-9-20-14-24/h3-10,12,14,23H,2,11,13H2,1H3,(H,22,25). The Morgan fingerprint density at radius 3 is 2.75 bits per heavy atom. The molecule has 146 valence electrons. The Hall–Kier alpha value is -3.20. The molecule has 0 spiro atoms. The Kier molecular flexibility index (Phi) is 6.05. The van der Waals surface area contributed by atoms with Crippen LogP contribution in [0, 0.1) is 0 Å². The number of nitrogens with one attached hydrogen (secondary N) is 2. The first-order valence-electron chi connectivity index (χ1n) is 8.79. The highest BCUT2D eigenvalue weighted by Crippen LogP contribution is 2.17. The van der Waals surface area contributed by atoms with Crippen molar-refractivity contribution in [1.29, 1.82) is 0 Å². The first kappa shape index (κ1) is 19.6. The first-order chi connectivity index (χ1) is 13.5. The molecule has 0 aliphatic rings. The quantitative estimate of drug-likeness (QED) is 0.605. The van der Waals surface area contributed by atoms with Crippen molar-refractivity contribution in [3.8, 4) is 5.82 Å². The largest absolute Gasteiger partial charge is 0.348 e. The second-order valence-electron chi connectivity index (χ2n) is 6.14. The molecular formula is C19H21N5O3S. The Balaban J connectivity index is 1.72. The second kappa shape index (κ2) is 8.66. The lowest BCUT2D eigenvalue weighted by molar-refractivity contribution is 0.0952. The molecule has 28 heavy (non-hydrogen) atoms.